The van der Waals surface area contributed by atoms with Gasteiger partial charge in [-0.2, -0.15) is 13.2 Å². The molecule has 0 bridgehead atoms. The summed E-state index contributed by atoms with van der Waals surface area (Å²) in [6.45, 7) is 0.762. The molecule has 2 amide bonds. The Morgan fingerprint density at radius 1 is 1.12 bits per heavy atom. The highest BCUT2D eigenvalue weighted by molar-refractivity contribution is 5.76. The quantitative estimate of drug-likeness (QED) is 0.793. The van der Waals surface area contributed by atoms with E-state index in [1.807, 2.05) is 0 Å². The highest BCUT2D eigenvalue weighted by Gasteiger charge is 2.31. The van der Waals surface area contributed by atoms with Crippen LogP contribution in [0.4, 0.5) is 18.0 Å². The Hall–Kier alpha value is -2.52. The van der Waals surface area contributed by atoms with Crippen molar-refractivity contribution in [2.75, 3.05) is 33.3 Å². The molecule has 10 heteroatoms. The summed E-state index contributed by atoms with van der Waals surface area (Å²) in [4.78, 5) is 38.4. The first kappa shape index (κ1) is 18.8. The van der Waals surface area contributed by atoms with Crippen molar-refractivity contribution in [3.63, 3.8) is 0 Å². The van der Waals surface area contributed by atoms with Crippen LogP contribution in [0, 0.1) is 0 Å². The minimum atomic E-state index is -4.60. The number of carbonyl (C=O) groups is 2. The molecule has 0 saturated carbocycles. The molecule has 0 radical (unpaired) electrons. The summed E-state index contributed by atoms with van der Waals surface area (Å²) in [5, 5.41) is 0. The maximum absolute atomic E-state index is 12.7. The topological polar surface area (TPSA) is 71.8 Å². The summed E-state index contributed by atoms with van der Waals surface area (Å²) in [5.41, 5.74) is -1.68. The van der Waals surface area contributed by atoms with Crippen molar-refractivity contribution in [3.05, 3.63) is 34.2 Å². The van der Waals surface area contributed by atoms with Gasteiger partial charge < -0.3 is 19.1 Å². The van der Waals surface area contributed by atoms with E-state index >= 15 is 0 Å². The standard InChI is InChI=1S/C15H18F3N3O4/c1-25-14(24)20-6-2-5-19(7-8-20)13(23)10-21-9-11(15(16,17)18)3-4-12(21)22/h3-4,9H,2,5-8,10H2,1H3. The fourth-order valence-electron chi connectivity index (χ4n) is 2.55. The van der Waals surface area contributed by atoms with Crippen LogP contribution in [0.5, 0.6) is 0 Å². The average molecular weight is 361 g/mol. The largest absolute Gasteiger partial charge is 0.453 e. The molecule has 1 aromatic heterocycles. The Kier molecular flexibility index (Phi) is 5.70. The zero-order chi connectivity index (χ0) is 18.6. The second kappa shape index (κ2) is 7.58. The van der Waals surface area contributed by atoms with Crippen LogP contribution in [-0.2, 0) is 22.3 Å². The van der Waals surface area contributed by atoms with Gasteiger partial charge >= 0.3 is 12.3 Å². The minimum absolute atomic E-state index is 0.224. The number of nitrogens with zero attached hydrogens (tertiary/aromatic N) is 3. The fraction of sp³-hybridized carbons (Fsp3) is 0.533. The van der Waals surface area contributed by atoms with Gasteiger partial charge in [0.25, 0.3) is 5.56 Å². The van der Waals surface area contributed by atoms with Gasteiger partial charge in [-0.3, -0.25) is 9.59 Å². The monoisotopic (exact) mass is 361 g/mol. The number of hydrogen-bond acceptors (Lipinski definition) is 4. The molecule has 1 fully saturated rings. The molecule has 0 spiro atoms. The van der Waals surface area contributed by atoms with E-state index in [9.17, 15) is 27.6 Å². The van der Waals surface area contributed by atoms with Gasteiger partial charge in [0.2, 0.25) is 5.91 Å². The maximum Gasteiger partial charge on any atom is 0.417 e. The number of amides is 2. The van der Waals surface area contributed by atoms with Gasteiger partial charge in [0.05, 0.1) is 12.7 Å². The van der Waals surface area contributed by atoms with E-state index < -0.39 is 35.8 Å². The van der Waals surface area contributed by atoms with Gasteiger partial charge in [-0.25, -0.2) is 4.79 Å². The SMILES string of the molecule is COC(=O)N1CCCN(C(=O)Cn2cc(C(F)(F)F)ccc2=O)CC1. The van der Waals surface area contributed by atoms with Crippen molar-refractivity contribution in [1.82, 2.24) is 14.4 Å². The Balaban J connectivity index is 2.07. The lowest BCUT2D eigenvalue weighted by atomic mass is 10.2. The normalized spacial score (nSPS) is 15.7. The first-order valence-corrected chi connectivity index (χ1v) is 7.60. The summed E-state index contributed by atoms with van der Waals surface area (Å²) in [6, 6.07) is 1.47. The van der Waals surface area contributed by atoms with Gasteiger partial charge in [-0.15, -0.1) is 0 Å². The number of alkyl halides is 3. The van der Waals surface area contributed by atoms with Crippen LogP contribution in [0.2, 0.25) is 0 Å². The van der Waals surface area contributed by atoms with E-state index in [2.05, 4.69) is 4.74 Å². The lowest BCUT2D eigenvalue weighted by Crippen LogP contribution is -2.40. The molecule has 0 atom stereocenters. The predicted molar refractivity (Wildman–Crippen MR) is 80.9 cm³/mol. The summed E-state index contributed by atoms with van der Waals surface area (Å²) < 4.78 is 43.6. The summed E-state index contributed by atoms with van der Waals surface area (Å²) in [6.07, 6.45) is -3.94. The van der Waals surface area contributed by atoms with Crippen LogP contribution in [0.1, 0.15) is 12.0 Å². The van der Waals surface area contributed by atoms with Crippen LogP contribution < -0.4 is 5.56 Å². The van der Waals surface area contributed by atoms with Gasteiger partial charge in [0, 0.05) is 38.4 Å². The number of methoxy groups -OCH3 is 1. The van der Waals surface area contributed by atoms with Crippen molar-refractivity contribution in [2.24, 2.45) is 0 Å². The molecule has 25 heavy (non-hydrogen) atoms. The molecular weight excluding hydrogens is 343 g/mol. The lowest BCUT2D eigenvalue weighted by Gasteiger charge is -2.22. The molecule has 1 aromatic rings. The van der Waals surface area contributed by atoms with Crippen LogP contribution in [0.3, 0.4) is 0 Å². The van der Waals surface area contributed by atoms with Crippen LogP contribution in [0.25, 0.3) is 0 Å². The Morgan fingerprint density at radius 2 is 1.76 bits per heavy atom. The molecule has 1 saturated heterocycles. The van der Waals surface area contributed by atoms with E-state index in [0.29, 0.717) is 31.8 Å². The van der Waals surface area contributed by atoms with Crippen molar-refractivity contribution >= 4 is 12.0 Å². The molecule has 2 heterocycles. The number of pyridine rings is 1. The molecule has 0 unspecified atom stereocenters. The van der Waals surface area contributed by atoms with Gasteiger partial charge in [0.15, 0.2) is 0 Å². The highest BCUT2D eigenvalue weighted by atomic mass is 19.4. The lowest BCUT2D eigenvalue weighted by molar-refractivity contribution is -0.138. The van der Waals surface area contributed by atoms with Crippen LogP contribution >= 0.6 is 0 Å². The number of ether oxygens (including phenoxy) is 1. The second-order valence-corrected chi connectivity index (χ2v) is 5.57. The van der Waals surface area contributed by atoms with Gasteiger partial charge in [0.1, 0.15) is 6.54 Å². The highest BCUT2D eigenvalue weighted by Crippen LogP contribution is 2.28. The van der Waals surface area contributed by atoms with Crippen LogP contribution in [0.15, 0.2) is 23.1 Å². The molecule has 2 rings (SSSR count). The van der Waals surface area contributed by atoms with E-state index in [1.165, 1.54) is 16.9 Å². The average Bonchev–Trinajstić information content (AvgIpc) is 2.81. The molecule has 7 nitrogen and oxygen atoms in total. The van der Waals surface area contributed by atoms with Crippen molar-refractivity contribution < 1.29 is 27.5 Å². The molecule has 0 aliphatic carbocycles. The van der Waals surface area contributed by atoms with Gasteiger partial charge in [-0.1, -0.05) is 0 Å². The zero-order valence-electron chi connectivity index (χ0n) is 13.6. The maximum atomic E-state index is 12.7. The predicted octanol–water partition coefficient (Wildman–Crippen LogP) is 1.17. The number of hydrogen-bond donors (Lipinski definition) is 0. The number of carbonyl (C=O) groups excluding carboxylic acids is 2. The third-order valence-electron chi connectivity index (χ3n) is 3.90. The molecule has 138 valence electrons. The Labute approximate surface area is 141 Å². The second-order valence-electron chi connectivity index (χ2n) is 5.57. The van der Waals surface area contributed by atoms with Gasteiger partial charge in [-0.05, 0) is 12.5 Å². The van der Waals surface area contributed by atoms with Crippen molar-refractivity contribution in [2.45, 2.75) is 19.1 Å². The summed E-state index contributed by atoms with van der Waals surface area (Å²) >= 11 is 0. The number of aromatic nitrogens is 1. The Morgan fingerprint density at radius 3 is 2.40 bits per heavy atom. The zero-order valence-corrected chi connectivity index (χ0v) is 13.6. The number of rotatable bonds is 2. The fourth-order valence-corrected chi connectivity index (χ4v) is 2.55. The first-order valence-electron chi connectivity index (χ1n) is 7.60. The molecular formula is C15H18F3N3O4. The minimum Gasteiger partial charge on any atom is -0.453 e. The molecule has 1 aliphatic heterocycles. The van der Waals surface area contributed by atoms with Crippen LogP contribution in [-0.4, -0.2) is 59.7 Å². The summed E-state index contributed by atoms with van der Waals surface area (Å²) in [7, 11) is 1.26. The van der Waals surface area contributed by atoms with E-state index in [0.717, 1.165) is 10.6 Å². The number of halogens is 3. The third kappa shape index (κ3) is 4.74. The van der Waals surface area contributed by atoms with E-state index in [1.54, 1.807) is 0 Å². The summed E-state index contributed by atoms with van der Waals surface area (Å²) in [5.74, 6) is -0.479. The Bertz CT molecular complexity index is 702. The molecule has 0 N–H and O–H groups in total. The smallest absolute Gasteiger partial charge is 0.417 e. The van der Waals surface area contributed by atoms with Crippen molar-refractivity contribution in [1.29, 1.82) is 0 Å². The first-order chi connectivity index (χ1) is 11.7. The van der Waals surface area contributed by atoms with E-state index in [-0.39, 0.29) is 13.1 Å². The molecule has 0 aromatic carbocycles. The van der Waals surface area contributed by atoms with Crippen molar-refractivity contribution in [3.8, 4) is 0 Å². The third-order valence-corrected chi connectivity index (χ3v) is 3.90. The molecule has 1 aliphatic rings. The van der Waals surface area contributed by atoms with E-state index in [4.69, 9.17) is 0 Å².